The van der Waals surface area contributed by atoms with Gasteiger partial charge in [-0.05, 0) is 36.8 Å². The van der Waals surface area contributed by atoms with Gasteiger partial charge in [-0.15, -0.1) is 11.3 Å². The second-order valence-corrected chi connectivity index (χ2v) is 7.21. The molecule has 1 N–H and O–H groups in total. The lowest BCUT2D eigenvalue weighted by molar-refractivity contribution is 0.0273. The van der Waals surface area contributed by atoms with Crippen LogP contribution in [-0.4, -0.2) is 5.11 Å². The van der Waals surface area contributed by atoms with Crippen LogP contribution in [0.1, 0.15) is 50.3 Å². The van der Waals surface area contributed by atoms with Crippen molar-refractivity contribution in [1.29, 1.82) is 0 Å². The predicted octanol–water partition coefficient (Wildman–Crippen LogP) is 5.08. The lowest BCUT2D eigenvalue weighted by Crippen LogP contribution is -2.25. The fourth-order valence-electron chi connectivity index (χ4n) is 3.30. The largest absolute Gasteiger partial charge is 0.385 e. The molecule has 0 radical (unpaired) electrons. The molecule has 19 heavy (non-hydrogen) atoms. The molecule has 1 nitrogen and oxygen atoms in total. The van der Waals surface area contributed by atoms with Crippen LogP contribution in [-0.2, 0) is 5.60 Å². The molecule has 2 heteroatoms. The maximum atomic E-state index is 10.8. The summed E-state index contributed by atoms with van der Waals surface area (Å²) in [4.78, 5) is 1.12. The van der Waals surface area contributed by atoms with Gasteiger partial charge in [-0.25, -0.2) is 0 Å². The molecule has 0 saturated heterocycles. The van der Waals surface area contributed by atoms with E-state index >= 15 is 0 Å². The van der Waals surface area contributed by atoms with Crippen LogP contribution in [0.2, 0.25) is 0 Å². The van der Waals surface area contributed by atoms with Crippen LogP contribution in [0.25, 0.3) is 10.1 Å². The molecule has 1 aromatic heterocycles. The normalized spacial score (nSPS) is 20.5. The van der Waals surface area contributed by atoms with E-state index in [1.54, 1.807) is 11.3 Å². The monoisotopic (exact) mass is 274 g/mol. The Morgan fingerprint density at radius 2 is 1.95 bits per heavy atom. The second kappa shape index (κ2) is 5.26. The summed E-state index contributed by atoms with van der Waals surface area (Å²) < 4.78 is 1.28. The Labute approximate surface area is 119 Å². The highest BCUT2D eigenvalue weighted by atomic mass is 32.1. The number of thiophene rings is 1. The number of hydrogen-bond donors (Lipinski definition) is 1. The minimum absolute atomic E-state index is 0.661. The van der Waals surface area contributed by atoms with Crippen molar-refractivity contribution in [3.05, 3.63) is 35.2 Å². The second-order valence-electron chi connectivity index (χ2n) is 6.13. The van der Waals surface area contributed by atoms with Crippen molar-refractivity contribution in [2.24, 2.45) is 5.92 Å². The molecule has 102 valence electrons. The van der Waals surface area contributed by atoms with E-state index in [-0.39, 0.29) is 0 Å². The van der Waals surface area contributed by atoms with Gasteiger partial charge in [0.15, 0.2) is 0 Å². The zero-order valence-electron chi connectivity index (χ0n) is 11.6. The maximum absolute atomic E-state index is 10.8. The minimum Gasteiger partial charge on any atom is -0.385 e. The minimum atomic E-state index is -0.661. The molecule has 1 saturated carbocycles. The lowest BCUT2D eigenvalue weighted by atomic mass is 9.81. The van der Waals surface area contributed by atoms with E-state index in [1.807, 2.05) is 6.92 Å². The van der Waals surface area contributed by atoms with E-state index in [4.69, 9.17) is 0 Å². The summed E-state index contributed by atoms with van der Waals surface area (Å²) in [5.74, 6) is 0.703. The molecule has 1 fully saturated rings. The summed E-state index contributed by atoms with van der Waals surface area (Å²) in [6.45, 7) is 1.99. The summed E-state index contributed by atoms with van der Waals surface area (Å²) in [6, 6.07) is 10.6. The maximum Gasteiger partial charge on any atom is 0.0963 e. The molecular formula is C17H22OS. The Morgan fingerprint density at radius 1 is 1.21 bits per heavy atom. The third-order valence-corrected chi connectivity index (χ3v) is 5.74. The first-order valence-corrected chi connectivity index (χ1v) is 8.18. The first kappa shape index (κ1) is 13.1. The first-order valence-electron chi connectivity index (χ1n) is 7.36. The predicted molar refractivity (Wildman–Crippen MR) is 82.6 cm³/mol. The van der Waals surface area contributed by atoms with E-state index in [0.717, 1.165) is 11.3 Å². The van der Waals surface area contributed by atoms with E-state index in [1.165, 1.54) is 42.2 Å². The molecule has 0 spiro atoms. The lowest BCUT2D eigenvalue weighted by Gasteiger charge is -2.30. The molecule has 1 heterocycles. The summed E-state index contributed by atoms with van der Waals surface area (Å²) in [5, 5.41) is 12.1. The van der Waals surface area contributed by atoms with Crippen LogP contribution >= 0.6 is 11.3 Å². The molecular weight excluding hydrogens is 252 g/mol. The van der Waals surface area contributed by atoms with Gasteiger partial charge in [0.1, 0.15) is 0 Å². The van der Waals surface area contributed by atoms with Crippen molar-refractivity contribution < 1.29 is 5.11 Å². The Bertz CT molecular complexity index is 516. The van der Waals surface area contributed by atoms with Gasteiger partial charge < -0.3 is 5.11 Å². The average molecular weight is 274 g/mol. The Morgan fingerprint density at radius 3 is 2.68 bits per heavy atom. The summed E-state index contributed by atoms with van der Waals surface area (Å²) >= 11 is 1.74. The SMILES string of the molecule is CC(O)(CC1CCCCC1)c1cc2ccccc2s1. The van der Waals surface area contributed by atoms with Gasteiger partial charge in [-0.3, -0.25) is 0 Å². The van der Waals surface area contributed by atoms with Crippen LogP contribution in [0, 0.1) is 5.92 Å². The van der Waals surface area contributed by atoms with Crippen molar-refractivity contribution in [3.8, 4) is 0 Å². The molecule has 1 atom stereocenters. The molecule has 2 aromatic rings. The van der Waals surface area contributed by atoms with E-state index in [2.05, 4.69) is 30.3 Å². The Kier molecular flexibility index (Phi) is 3.64. The molecule has 1 aliphatic rings. The third-order valence-electron chi connectivity index (χ3n) is 4.37. The Balaban J connectivity index is 1.81. The number of fused-ring (bicyclic) bond motifs is 1. The highest BCUT2D eigenvalue weighted by Gasteiger charge is 2.29. The van der Waals surface area contributed by atoms with Gasteiger partial charge in [-0.2, -0.15) is 0 Å². The topological polar surface area (TPSA) is 20.2 Å². The standard InChI is InChI=1S/C17H22OS/c1-17(18,12-13-7-3-2-4-8-13)16-11-14-9-5-6-10-15(14)19-16/h5-6,9-11,13,18H,2-4,7-8,12H2,1H3. The van der Waals surface area contributed by atoms with Gasteiger partial charge >= 0.3 is 0 Å². The van der Waals surface area contributed by atoms with Gasteiger partial charge in [0.05, 0.1) is 5.60 Å². The van der Waals surface area contributed by atoms with Gasteiger partial charge in [0, 0.05) is 9.58 Å². The van der Waals surface area contributed by atoms with Crippen molar-refractivity contribution >= 4 is 21.4 Å². The van der Waals surface area contributed by atoms with E-state index < -0.39 is 5.60 Å². The number of hydrogen-bond acceptors (Lipinski definition) is 2. The van der Waals surface area contributed by atoms with Gasteiger partial charge in [0.2, 0.25) is 0 Å². The zero-order chi connectivity index (χ0) is 13.3. The van der Waals surface area contributed by atoms with Crippen molar-refractivity contribution in [1.82, 2.24) is 0 Å². The molecule has 0 amide bonds. The van der Waals surface area contributed by atoms with Crippen molar-refractivity contribution in [2.75, 3.05) is 0 Å². The number of rotatable bonds is 3. The smallest absolute Gasteiger partial charge is 0.0963 e. The van der Waals surface area contributed by atoms with Crippen LogP contribution in [0.5, 0.6) is 0 Å². The van der Waals surface area contributed by atoms with Crippen LogP contribution in [0.15, 0.2) is 30.3 Å². The highest BCUT2D eigenvalue weighted by Crippen LogP contribution is 2.39. The first-order chi connectivity index (χ1) is 9.15. The molecule has 0 bridgehead atoms. The van der Waals surface area contributed by atoms with Crippen LogP contribution < -0.4 is 0 Å². The van der Waals surface area contributed by atoms with Crippen LogP contribution in [0.3, 0.4) is 0 Å². The number of aliphatic hydroxyl groups is 1. The molecule has 3 rings (SSSR count). The molecule has 0 aliphatic heterocycles. The number of benzene rings is 1. The summed E-state index contributed by atoms with van der Waals surface area (Å²) in [6.07, 6.45) is 7.56. The fourth-order valence-corrected chi connectivity index (χ4v) is 4.42. The zero-order valence-corrected chi connectivity index (χ0v) is 12.4. The fraction of sp³-hybridized carbons (Fsp3) is 0.529. The van der Waals surface area contributed by atoms with Gasteiger partial charge in [-0.1, -0.05) is 50.3 Å². The summed E-state index contributed by atoms with van der Waals surface area (Å²) in [7, 11) is 0. The summed E-state index contributed by atoms with van der Waals surface area (Å²) in [5.41, 5.74) is -0.661. The van der Waals surface area contributed by atoms with E-state index in [0.29, 0.717) is 5.92 Å². The third kappa shape index (κ3) is 2.85. The quantitative estimate of drug-likeness (QED) is 0.827. The van der Waals surface area contributed by atoms with Crippen LogP contribution in [0.4, 0.5) is 0 Å². The molecule has 1 aromatic carbocycles. The Hall–Kier alpha value is -0.860. The van der Waals surface area contributed by atoms with Crippen molar-refractivity contribution in [2.45, 2.75) is 51.0 Å². The highest BCUT2D eigenvalue weighted by molar-refractivity contribution is 7.19. The van der Waals surface area contributed by atoms with Gasteiger partial charge in [0.25, 0.3) is 0 Å². The molecule has 1 unspecified atom stereocenters. The average Bonchev–Trinajstić information content (AvgIpc) is 2.84. The van der Waals surface area contributed by atoms with Crippen molar-refractivity contribution in [3.63, 3.8) is 0 Å². The molecule has 1 aliphatic carbocycles. The van der Waals surface area contributed by atoms with E-state index in [9.17, 15) is 5.11 Å².